The van der Waals surface area contributed by atoms with Gasteiger partial charge in [0.25, 0.3) is 0 Å². The van der Waals surface area contributed by atoms with Crippen LogP contribution in [0.5, 0.6) is 0 Å². The molecule has 1 saturated heterocycles. The molecule has 0 bridgehead atoms. The number of ether oxygens (including phenoxy) is 1. The Kier molecular flexibility index (Phi) is 13.1. The number of primary amides is 1. The van der Waals surface area contributed by atoms with Crippen LogP contribution >= 0.6 is 0 Å². The quantitative estimate of drug-likeness (QED) is 0.174. The number of alkyl carbamates (subject to hydrolysis) is 1. The molecule has 3 rings (SSSR count). The van der Waals surface area contributed by atoms with Crippen molar-refractivity contribution in [1.29, 1.82) is 0 Å². The number of rotatable bonds is 14. The van der Waals surface area contributed by atoms with Crippen LogP contribution in [0, 0.1) is 0 Å². The maximum Gasteiger partial charge on any atom is 0.408 e. The molecule has 1 fully saturated rings. The molecule has 46 heavy (non-hydrogen) atoms. The van der Waals surface area contributed by atoms with Crippen LogP contribution in [-0.2, 0) is 36.9 Å². The van der Waals surface area contributed by atoms with Crippen LogP contribution in [-0.4, -0.2) is 88.6 Å². The van der Waals surface area contributed by atoms with E-state index in [0.717, 1.165) is 11.1 Å². The van der Waals surface area contributed by atoms with E-state index in [0.29, 0.717) is 13.0 Å². The molecular formula is C33H46N6O7. The molecule has 13 heteroatoms. The van der Waals surface area contributed by atoms with Gasteiger partial charge >= 0.3 is 6.09 Å². The van der Waals surface area contributed by atoms with Crippen LogP contribution in [0.1, 0.15) is 51.7 Å². The first-order chi connectivity index (χ1) is 21.7. The van der Waals surface area contributed by atoms with Crippen molar-refractivity contribution in [2.75, 3.05) is 13.1 Å². The molecule has 5 atom stereocenters. The molecule has 0 aliphatic carbocycles. The second-order valence-corrected chi connectivity index (χ2v) is 12.5. The molecule has 250 valence electrons. The monoisotopic (exact) mass is 638 g/mol. The van der Waals surface area contributed by atoms with Crippen molar-refractivity contribution in [3.8, 4) is 0 Å². The fourth-order valence-corrected chi connectivity index (χ4v) is 5.44. The van der Waals surface area contributed by atoms with Gasteiger partial charge in [-0.2, -0.15) is 0 Å². The number of hydrogen-bond donors (Lipinski definition) is 6. The Hall–Kier alpha value is -4.49. The molecule has 1 heterocycles. The van der Waals surface area contributed by atoms with Gasteiger partial charge in [-0.3, -0.25) is 24.1 Å². The largest absolute Gasteiger partial charge is 0.445 e. The van der Waals surface area contributed by atoms with Gasteiger partial charge in [0.15, 0.2) is 0 Å². The molecule has 0 unspecified atom stereocenters. The summed E-state index contributed by atoms with van der Waals surface area (Å²) in [6.07, 6.45) is -2.08. The van der Waals surface area contributed by atoms with Gasteiger partial charge in [-0.1, -0.05) is 60.7 Å². The lowest BCUT2D eigenvalue weighted by atomic mass is 10.00. The second-order valence-electron chi connectivity index (χ2n) is 12.5. The molecule has 0 aromatic heterocycles. The lowest BCUT2D eigenvalue weighted by Gasteiger charge is -2.36. The number of aliphatic hydroxyl groups excluding tert-OH is 1. The van der Waals surface area contributed by atoms with Crippen LogP contribution in [0.25, 0.3) is 0 Å². The molecular weight excluding hydrogens is 592 g/mol. The number of nitrogens with one attached hydrogen (secondary N) is 4. The molecule has 13 nitrogen and oxygen atoms in total. The van der Waals surface area contributed by atoms with E-state index in [2.05, 4.69) is 21.3 Å². The molecule has 0 saturated carbocycles. The highest BCUT2D eigenvalue weighted by molar-refractivity contribution is 5.90. The van der Waals surface area contributed by atoms with Crippen molar-refractivity contribution in [1.82, 2.24) is 26.2 Å². The van der Waals surface area contributed by atoms with Crippen molar-refractivity contribution >= 4 is 29.7 Å². The third-order valence-electron chi connectivity index (χ3n) is 7.68. The predicted octanol–water partition coefficient (Wildman–Crippen LogP) is 0.739. The van der Waals surface area contributed by atoms with Crippen LogP contribution in [0.3, 0.4) is 0 Å². The maximum atomic E-state index is 13.4. The SMILES string of the molecule is CC(=O)N[C@@H]1C[C@@H](C(=O)NC[C@@H](O)[C@H](Cc2ccccc2)NC(=O)[C@H](CC(N)=O)NC(=O)OCc2ccccc2)N(C(C)(C)C)C1. The zero-order valence-electron chi connectivity index (χ0n) is 26.8. The maximum absolute atomic E-state index is 13.4. The summed E-state index contributed by atoms with van der Waals surface area (Å²) in [5.74, 6) is -2.08. The highest BCUT2D eigenvalue weighted by atomic mass is 16.5. The fraction of sp³-hybridized carbons (Fsp3) is 0.485. The Morgan fingerprint density at radius 2 is 1.59 bits per heavy atom. The normalized spacial score (nSPS) is 18.5. The van der Waals surface area contributed by atoms with Gasteiger partial charge in [0.05, 0.1) is 24.6 Å². The summed E-state index contributed by atoms with van der Waals surface area (Å²) in [4.78, 5) is 64.8. The molecule has 2 aromatic carbocycles. The summed E-state index contributed by atoms with van der Waals surface area (Å²) in [5, 5.41) is 22.1. The Morgan fingerprint density at radius 1 is 0.978 bits per heavy atom. The average molecular weight is 639 g/mol. The van der Waals surface area contributed by atoms with Gasteiger partial charge in [-0.05, 0) is 44.7 Å². The van der Waals surface area contributed by atoms with Gasteiger partial charge in [-0.15, -0.1) is 0 Å². The van der Waals surface area contributed by atoms with Crippen molar-refractivity contribution in [2.45, 2.75) is 89.4 Å². The van der Waals surface area contributed by atoms with E-state index in [1.807, 2.05) is 62.1 Å². The van der Waals surface area contributed by atoms with Crippen LogP contribution in [0.15, 0.2) is 60.7 Å². The van der Waals surface area contributed by atoms with Crippen LogP contribution in [0.2, 0.25) is 0 Å². The number of carbonyl (C=O) groups is 5. The highest BCUT2D eigenvalue weighted by Gasteiger charge is 2.42. The summed E-state index contributed by atoms with van der Waals surface area (Å²) in [6.45, 7) is 7.64. The number of benzene rings is 2. The summed E-state index contributed by atoms with van der Waals surface area (Å²) in [5.41, 5.74) is 6.54. The van der Waals surface area contributed by atoms with Crippen molar-refractivity contribution < 1.29 is 33.8 Å². The minimum absolute atomic E-state index is 0.0498. The summed E-state index contributed by atoms with van der Waals surface area (Å²) >= 11 is 0. The number of aliphatic hydroxyl groups is 1. The minimum Gasteiger partial charge on any atom is -0.445 e. The number of amides is 5. The lowest BCUT2D eigenvalue weighted by Crippen LogP contribution is -2.57. The van der Waals surface area contributed by atoms with Crippen LogP contribution < -0.4 is 27.0 Å². The summed E-state index contributed by atoms with van der Waals surface area (Å²) in [6, 6.07) is 15.0. The zero-order valence-corrected chi connectivity index (χ0v) is 26.8. The topological polar surface area (TPSA) is 192 Å². The first kappa shape index (κ1) is 36.0. The average Bonchev–Trinajstić information content (AvgIpc) is 3.43. The van der Waals surface area contributed by atoms with Gasteiger partial charge in [-0.25, -0.2) is 4.79 Å². The van der Waals surface area contributed by atoms with Gasteiger partial charge in [0.2, 0.25) is 23.6 Å². The van der Waals surface area contributed by atoms with E-state index < -0.39 is 48.6 Å². The van der Waals surface area contributed by atoms with E-state index in [1.54, 1.807) is 24.3 Å². The number of hydrogen-bond acceptors (Lipinski definition) is 8. The summed E-state index contributed by atoms with van der Waals surface area (Å²) in [7, 11) is 0. The van der Waals surface area contributed by atoms with Gasteiger partial charge in [0.1, 0.15) is 12.6 Å². The Bertz CT molecular complexity index is 1340. The van der Waals surface area contributed by atoms with E-state index in [1.165, 1.54) is 6.92 Å². The minimum atomic E-state index is -1.37. The Labute approximate surface area is 269 Å². The van der Waals surface area contributed by atoms with Gasteiger partial charge < -0.3 is 36.8 Å². The number of nitrogens with zero attached hydrogens (tertiary/aromatic N) is 1. The standard InChI is InChI=1S/C33H46N6O7/c1-21(40)36-24-16-27(39(19-24)33(2,3)4)31(44)35-18-28(41)25(15-22-11-7-5-8-12-22)37-30(43)26(17-29(34)42)38-32(45)46-20-23-13-9-6-10-14-23/h5-14,24-28,41H,15-20H2,1-4H3,(H2,34,42)(H,35,44)(H,36,40)(H,37,43)(H,38,45)/t24-,25+,26+,27+,28-/m1/s1. The number of carbonyl (C=O) groups excluding carboxylic acids is 5. The highest BCUT2D eigenvalue weighted by Crippen LogP contribution is 2.27. The van der Waals surface area contributed by atoms with Crippen molar-refractivity contribution in [2.24, 2.45) is 5.73 Å². The molecule has 2 aromatic rings. The molecule has 1 aliphatic rings. The van der Waals surface area contributed by atoms with E-state index in [-0.39, 0.29) is 43.0 Å². The van der Waals surface area contributed by atoms with Crippen molar-refractivity contribution in [3.05, 3.63) is 71.8 Å². The molecule has 0 radical (unpaired) electrons. The first-order valence-corrected chi connectivity index (χ1v) is 15.3. The second kappa shape index (κ2) is 16.7. The predicted molar refractivity (Wildman–Crippen MR) is 171 cm³/mol. The van der Waals surface area contributed by atoms with E-state index >= 15 is 0 Å². The third-order valence-corrected chi connectivity index (χ3v) is 7.68. The van der Waals surface area contributed by atoms with Crippen LogP contribution in [0.4, 0.5) is 4.79 Å². The van der Waals surface area contributed by atoms with E-state index in [9.17, 15) is 29.1 Å². The third kappa shape index (κ3) is 11.5. The Balaban J connectivity index is 1.69. The number of nitrogens with two attached hydrogens (primary N) is 1. The first-order valence-electron chi connectivity index (χ1n) is 15.3. The molecule has 0 spiro atoms. The molecule has 5 amide bonds. The Morgan fingerprint density at radius 3 is 2.15 bits per heavy atom. The van der Waals surface area contributed by atoms with Crippen molar-refractivity contribution in [3.63, 3.8) is 0 Å². The lowest BCUT2D eigenvalue weighted by molar-refractivity contribution is -0.128. The zero-order chi connectivity index (χ0) is 33.9. The smallest absolute Gasteiger partial charge is 0.408 e. The van der Waals surface area contributed by atoms with E-state index in [4.69, 9.17) is 10.5 Å². The number of likely N-dealkylation sites (tertiary alicyclic amines) is 1. The summed E-state index contributed by atoms with van der Waals surface area (Å²) < 4.78 is 5.21. The van der Waals surface area contributed by atoms with Gasteiger partial charge in [0, 0.05) is 31.6 Å². The fourth-order valence-electron chi connectivity index (χ4n) is 5.44. The molecule has 7 N–H and O–H groups in total. The molecule has 1 aliphatic heterocycles.